The lowest BCUT2D eigenvalue weighted by Gasteiger charge is -2.09. The fraction of sp³-hybridized carbons (Fsp3) is 0.188. The standard InChI is InChI=1S/C16H17N3/c1-12-8-14(11-19-7-6-13(9-17)10-19)15-4-2-3-5-16(15)18-12/h2-8,10H,9,11,17H2,1H3. The lowest BCUT2D eigenvalue weighted by atomic mass is 10.1. The maximum Gasteiger partial charge on any atom is 0.0708 e. The first-order valence-corrected chi connectivity index (χ1v) is 6.46. The quantitative estimate of drug-likeness (QED) is 0.778. The van der Waals surface area contributed by atoms with Crippen LogP contribution in [0.2, 0.25) is 0 Å². The number of pyridine rings is 1. The molecule has 0 atom stereocenters. The zero-order valence-corrected chi connectivity index (χ0v) is 11.0. The van der Waals surface area contributed by atoms with Crippen molar-refractivity contribution in [1.82, 2.24) is 9.55 Å². The molecule has 0 amide bonds. The van der Waals surface area contributed by atoms with Gasteiger partial charge >= 0.3 is 0 Å². The van der Waals surface area contributed by atoms with Crippen LogP contribution in [0.1, 0.15) is 16.8 Å². The van der Waals surface area contributed by atoms with E-state index in [1.165, 1.54) is 10.9 Å². The number of aromatic nitrogens is 2. The fourth-order valence-corrected chi connectivity index (χ4v) is 2.43. The summed E-state index contributed by atoms with van der Waals surface area (Å²) in [6, 6.07) is 12.5. The van der Waals surface area contributed by atoms with E-state index in [1.54, 1.807) is 0 Å². The summed E-state index contributed by atoms with van der Waals surface area (Å²) in [5.74, 6) is 0. The van der Waals surface area contributed by atoms with E-state index >= 15 is 0 Å². The highest BCUT2D eigenvalue weighted by Gasteiger charge is 2.04. The van der Waals surface area contributed by atoms with Crippen molar-refractivity contribution in [3.05, 3.63) is 65.6 Å². The average Bonchev–Trinajstić information content (AvgIpc) is 2.86. The van der Waals surface area contributed by atoms with Gasteiger partial charge < -0.3 is 10.3 Å². The minimum absolute atomic E-state index is 0.586. The van der Waals surface area contributed by atoms with Crippen molar-refractivity contribution in [3.8, 4) is 0 Å². The van der Waals surface area contributed by atoms with Crippen molar-refractivity contribution < 1.29 is 0 Å². The molecular weight excluding hydrogens is 234 g/mol. The van der Waals surface area contributed by atoms with Crippen LogP contribution in [0.25, 0.3) is 10.9 Å². The monoisotopic (exact) mass is 251 g/mol. The van der Waals surface area contributed by atoms with Crippen molar-refractivity contribution in [2.45, 2.75) is 20.0 Å². The smallest absolute Gasteiger partial charge is 0.0708 e. The van der Waals surface area contributed by atoms with Gasteiger partial charge in [0.2, 0.25) is 0 Å². The second-order valence-corrected chi connectivity index (χ2v) is 4.84. The molecule has 0 saturated heterocycles. The summed E-state index contributed by atoms with van der Waals surface area (Å²) >= 11 is 0. The SMILES string of the molecule is Cc1cc(Cn2ccc(CN)c2)c2ccccc2n1. The van der Waals surface area contributed by atoms with Crippen molar-refractivity contribution >= 4 is 10.9 Å². The Balaban J connectivity index is 2.04. The first-order valence-electron chi connectivity index (χ1n) is 6.46. The van der Waals surface area contributed by atoms with Crippen LogP contribution in [0.4, 0.5) is 0 Å². The molecule has 0 unspecified atom stereocenters. The van der Waals surface area contributed by atoms with Gasteiger partial charge in [-0.1, -0.05) is 18.2 Å². The Morgan fingerprint density at radius 3 is 2.84 bits per heavy atom. The van der Waals surface area contributed by atoms with Gasteiger partial charge in [0.15, 0.2) is 0 Å². The van der Waals surface area contributed by atoms with Crippen LogP contribution in [0.3, 0.4) is 0 Å². The summed E-state index contributed by atoms with van der Waals surface area (Å²) in [5, 5.41) is 1.22. The maximum atomic E-state index is 5.65. The summed E-state index contributed by atoms with van der Waals surface area (Å²) < 4.78 is 2.17. The van der Waals surface area contributed by atoms with Crippen LogP contribution in [0.5, 0.6) is 0 Å². The molecule has 3 aromatic rings. The summed E-state index contributed by atoms with van der Waals surface area (Å²) in [6.07, 6.45) is 4.18. The molecule has 0 saturated carbocycles. The molecule has 0 aliphatic rings. The molecule has 0 aliphatic heterocycles. The van der Waals surface area contributed by atoms with E-state index in [2.05, 4.69) is 52.3 Å². The van der Waals surface area contributed by atoms with Crippen LogP contribution >= 0.6 is 0 Å². The molecule has 0 aliphatic carbocycles. The number of para-hydroxylation sites is 1. The lowest BCUT2D eigenvalue weighted by molar-refractivity contribution is 0.805. The molecule has 1 aromatic carbocycles. The normalized spacial score (nSPS) is 11.1. The Bertz CT molecular complexity index is 713. The van der Waals surface area contributed by atoms with Gasteiger partial charge in [-0.2, -0.15) is 0 Å². The molecule has 3 nitrogen and oxygen atoms in total. The van der Waals surface area contributed by atoms with E-state index in [0.717, 1.165) is 23.3 Å². The number of rotatable bonds is 3. The molecule has 0 fully saturated rings. The van der Waals surface area contributed by atoms with Crippen LogP contribution in [-0.4, -0.2) is 9.55 Å². The molecule has 0 spiro atoms. The van der Waals surface area contributed by atoms with E-state index in [9.17, 15) is 0 Å². The summed E-state index contributed by atoms with van der Waals surface area (Å²) in [5.41, 5.74) is 10.2. The lowest BCUT2D eigenvalue weighted by Crippen LogP contribution is -2.00. The van der Waals surface area contributed by atoms with Gasteiger partial charge in [-0.3, -0.25) is 4.98 Å². The zero-order chi connectivity index (χ0) is 13.2. The average molecular weight is 251 g/mol. The molecule has 0 radical (unpaired) electrons. The molecule has 3 rings (SSSR count). The maximum absolute atomic E-state index is 5.65. The largest absolute Gasteiger partial charge is 0.350 e. The van der Waals surface area contributed by atoms with Gasteiger partial charge in [0, 0.05) is 36.6 Å². The predicted molar refractivity (Wildman–Crippen MR) is 77.9 cm³/mol. The molecule has 3 heteroatoms. The van der Waals surface area contributed by atoms with Gasteiger partial charge in [0.05, 0.1) is 5.52 Å². The molecule has 0 bridgehead atoms. The van der Waals surface area contributed by atoms with Gasteiger partial charge in [0.1, 0.15) is 0 Å². The van der Waals surface area contributed by atoms with Crippen LogP contribution in [0.15, 0.2) is 48.8 Å². The van der Waals surface area contributed by atoms with Crippen molar-refractivity contribution in [3.63, 3.8) is 0 Å². The number of nitrogens with zero attached hydrogens (tertiary/aromatic N) is 2. The highest BCUT2D eigenvalue weighted by molar-refractivity contribution is 5.82. The molecule has 19 heavy (non-hydrogen) atoms. The van der Waals surface area contributed by atoms with Crippen LogP contribution in [-0.2, 0) is 13.1 Å². The van der Waals surface area contributed by atoms with E-state index in [-0.39, 0.29) is 0 Å². The van der Waals surface area contributed by atoms with Gasteiger partial charge in [-0.05, 0) is 36.2 Å². The summed E-state index contributed by atoms with van der Waals surface area (Å²) in [4.78, 5) is 4.57. The Morgan fingerprint density at radius 2 is 2.05 bits per heavy atom. The third kappa shape index (κ3) is 2.37. The molecule has 2 N–H and O–H groups in total. The van der Waals surface area contributed by atoms with Crippen LogP contribution in [0, 0.1) is 6.92 Å². The first kappa shape index (κ1) is 11.9. The van der Waals surface area contributed by atoms with E-state index in [0.29, 0.717) is 6.54 Å². The minimum Gasteiger partial charge on any atom is -0.350 e. The fourth-order valence-electron chi connectivity index (χ4n) is 2.43. The number of aryl methyl sites for hydroxylation is 1. The minimum atomic E-state index is 0.586. The predicted octanol–water partition coefficient (Wildman–Crippen LogP) is 2.85. The van der Waals surface area contributed by atoms with E-state index in [4.69, 9.17) is 5.73 Å². The van der Waals surface area contributed by atoms with Gasteiger partial charge in [-0.25, -0.2) is 0 Å². The second-order valence-electron chi connectivity index (χ2n) is 4.84. The Labute approximate surface area is 112 Å². The molecular formula is C16H17N3. The Kier molecular flexibility index (Phi) is 3.05. The van der Waals surface area contributed by atoms with Crippen LogP contribution < -0.4 is 5.73 Å². The molecule has 2 aromatic heterocycles. The Morgan fingerprint density at radius 1 is 1.21 bits per heavy atom. The van der Waals surface area contributed by atoms with Crippen molar-refractivity contribution in [1.29, 1.82) is 0 Å². The second kappa shape index (κ2) is 4.86. The number of fused-ring (bicyclic) bond motifs is 1. The van der Waals surface area contributed by atoms with Gasteiger partial charge in [0.25, 0.3) is 0 Å². The van der Waals surface area contributed by atoms with Gasteiger partial charge in [-0.15, -0.1) is 0 Å². The summed E-state index contributed by atoms with van der Waals surface area (Å²) in [6.45, 7) is 3.48. The highest BCUT2D eigenvalue weighted by Crippen LogP contribution is 2.19. The summed E-state index contributed by atoms with van der Waals surface area (Å²) in [7, 11) is 0. The first-order chi connectivity index (χ1) is 9.26. The number of hydrogen-bond acceptors (Lipinski definition) is 2. The number of nitrogens with two attached hydrogens (primary N) is 1. The third-order valence-corrected chi connectivity index (χ3v) is 3.33. The number of hydrogen-bond donors (Lipinski definition) is 1. The topological polar surface area (TPSA) is 43.8 Å². The van der Waals surface area contributed by atoms with Crippen molar-refractivity contribution in [2.75, 3.05) is 0 Å². The van der Waals surface area contributed by atoms with E-state index < -0.39 is 0 Å². The Hall–Kier alpha value is -2.13. The highest BCUT2D eigenvalue weighted by atomic mass is 14.9. The zero-order valence-electron chi connectivity index (χ0n) is 11.0. The van der Waals surface area contributed by atoms with Crippen molar-refractivity contribution in [2.24, 2.45) is 5.73 Å². The number of benzene rings is 1. The molecule has 2 heterocycles. The van der Waals surface area contributed by atoms with E-state index in [1.807, 2.05) is 13.0 Å². The molecule has 96 valence electrons. The third-order valence-electron chi connectivity index (χ3n) is 3.33.